The number of allylic oxidation sites excluding steroid dienone is 1. The van der Waals surface area contributed by atoms with Crippen molar-refractivity contribution in [2.24, 2.45) is 10.9 Å². The lowest BCUT2D eigenvalue weighted by Crippen LogP contribution is -2.05. The van der Waals surface area contributed by atoms with Crippen LogP contribution in [0.1, 0.15) is 13.8 Å². The summed E-state index contributed by atoms with van der Waals surface area (Å²) in [5.74, 6) is 0.381. The number of aliphatic imine (C=N–C) groups is 1. The molecule has 1 N–H and O–H groups in total. The van der Waals surface area contributed by atoms with Gasteiger partial charge >= 0.3 is 0 Å². The summed E-state index contributed by atoms with van der Waals surface area (Å²) in [6.07, 6.45) is 4.04. The Morgan fingerprint density at radius 2 is 2.18 bits per heavy atom. The van der Waals surface area contributed by atoms with Gasteiger partial charge in [-0.3, -0.25) is 9.79 Å². The third-order valence-corrected chi connectivity index (χ3v) is 1.26. The molecule has 3 heteroatoms. The topological polar surface area (TPSA) is 41.5 Å². The summed E-state index contributed by atoms with van der Waals surface area (Å²) in [6, 6.07) is 0. The Kier molecular flexibility index (Phi) is 5.07. The van der Waals surface area contributed by atoms with Gasteiger partial charge in [-0.1, -0.05) is 13.8 Å². The van der Waals surface area contributed by atoms with Crippen LogP contribution in [0.3, 0.4) is 0 Å². The third kappa shape index (κ3) is 4.31. The second-order valence-electron chi connectivity index (χ2n) is 2.47. The number of carbonyl (C=O) groups excluding carboxylic acids is 1. The highest BCUT2D eigenvalue weighted by Crippen LogP contribution is 2.04. The van der Waals surface area contributed by atoms with Gasteiger partial charge in [-0.15, -0.1) is 0 Å². The van der Waals surface area contributed by atoms with Gasteiger partial charge in [0, 0.05) is 19.5 Å². The zero-order valence-corrected chi connectivity index (χ0v) is 7.16. The van der Waals surface area contributed by atoms with E-state index in [1.807, 2.05) is 13.8 Å². The molecule has 3 nitrogen and oxygen atoms in total. The predicted octanol–water partition coefficient (Wildman–Crippen LogP) is 0.973. The zero-order valence-electron chi connectivity index (χ0n) is 7.16. The molecule has 0 bridgehead atoms. The van der Waals surface area contributed by atoms with Gasteiger partial charge in [-0.25, -0.2) is 0 Å². The third-order valence-electron chi connectivity index (χ3n) is 1.26. The normalized spacial score (nSPS) is 12.5. The Hall–Kier alpha value is -1.12. The molecule has 62 valence electrons. The summed E-state index contributed by atoms with van der Waals surface area (Å²) >= 11 is 0. The molecule has 0 aromatic carbocycles. The maximum absolute atomic E-state index is 9.94. The second kappa shape index (κ2) is 5.65. The minimum absolute atomic E-state index is 0.381. The van der Waals surface area contributed by atoms with Gasteiger partial charge in [0.15, 0.2) is 0 Å². The number of carbonyl (C=O) groups is 1. The van der Waals surface area contributed by atoms with Crippen molar-refractivity contribution < 1.29 is 4.79 Å². The van der Waals surface area contributed by atoms with Crippen LogP contribution in [0, 0.1) is 5.92 Å². The van der Waals surface area contributed by atoms with Crippen LogP contribution >= 0.6 is 0 Å². The highest BCUT2D eigenvalue weighted by Gasteiger charge is 1.97. The minimum atomic E-state index is 0.381. The van der Waals surface area contributed by atoms with Crippen LogP contribution in [0.15, 0.2) is 16.8 Å². The molecule has 11 heavy (non-hydrogen) atoms. The zero-order chi connectivity index (χ0) is 8.69. The number of hydrogen-bond donors (Lipinski definition) is 1. The van der Waals surface area contributed by atoms with Crippen molar-refractivity contribution in [3.05, 3.63) is 11.8 Å². The molecule has 0 aromatic heterocycles. The molecule has 0 rings (SSSR count). The molecule has 0 saturated carbocycles. The lowest BCUT2D eigenvalue weighted by molar-refractivity contribution is -0.108. The molecular weight excluding hydrogens is 140 g/mol. The standard InChI is InChI=1S/C8H14N2O/c1-7(2)8(4-9-3)5-10-6-11/h4-7H,1-3H3,(H,10,11)/b8-5+,9-4?. The van der Waals surface area contributed by atoms with Gasteiger partial charge in [-0.05, 0) is 11.5 Å². The van der Waals surface area contributed by atoms with Crippen molar-refractivity contribution in [1.82, 2.24) is 5.32 Å². The summed E-state index contributed by atoms with van der Waals surface area (Å²) in [5, 5.41) is 2.48. The van der Waals surface area contributed by atoms with Crippen LogP contribution in [-0.2, 0) is 4.79 Å². The molecule has 0 atom stereocenters. The average molecular weight is 154 g/mol. The van der Waals surface area contributed by atoms with Crippen LogP contribution in [0.4, 0.5) is 0 Å². The van der Waals surface area contributed by atoms with E-state index in [1.165, 1.54) is 0 Å². The van der Waals surface area contributed by atoms with E-state index in [0.717, 1.165) is 5.57 Å². The van der Waals surface area contributed by atoms with Gasteiger partial charge in [0.1, 0.15) is 0 Å². The molecule has 0 unspecified atom stereocenters. The average Bonchev–Trinajstić information content (AvgIpc) is 1.97. The van der Waals surface area contributed by atoms with E-state index in [-0.39, 0.29) is 0 Å². The summed E-state index contributed by atoms with van der Waals surface area (Å²) in [4.78, 5) is 13.8. The fourth-order valence-corrected chi connectivity index (χ4v) is 0.632. The van der Waals surface area contributed by atoms with E-state index in [2.05, 4.69) is 10.3 Å². The van der Waals surface area contributed by atoms with Gasteiger partial charge in [0.2, 0.25) is 6.41 Å². The minimum Gasteiger partial charge on any atom is -0.335 e. The first-order chi connectivity index (χ1) is 5.22. The maximum Gasteiger partial charge on any atom is 0.211 e. The van der Waals surface area contributed by atoms with Crippen LogP contribution in [0.25, 0.3) is 0 Å². The van der Waals surface area contributed by atoms with Crippen molar-refractivity contribution >= 4 is 12.6 Å². The van der Waals surface area contributed by atoms with E-state index in [1.54, 1.807) is 19.5 Å². The number of amides is 1. The van der Waals surface area contributed by atoms with Gasteiger partial charge in [0.25, 0.3) is 0 Å². The van der Waals surface area contributed by atoms with Gasteiger partial charge < -0.3 is 5.32 Å². The predicted molar refractivity (Wildman–Crippen MR) is 46.5 cm³/mol. The van der Waals surface area contributed by atoms with Crippen LogP contribution in [0.2, 0.25) is 0 Å². The Bertz CT molecular complexity index is 171. The van der Waals surface area contributed by atoms with Crippen molar-refractivity contribution in [1.29, 1.82) is 0 Å². The molecule has 0 radical (unpaired) electrons. The Labute approximate surface area is 67.2 Å². The van der Waals surface area contributed by atoms with Gasteiger partial charge in [0.05, 0.1) is 0 Å². The first-order valence-corrected chi connectivity index (χ1v) is 3.54. The van der Waals surface area contributed by atoms with Gasteiger partial charge in [-0.2, -0.15) is 0 Å². The summed E-state index contributed by atoms with van der Waals surface area (Å²) in [5.41, 5.74) is 1.01. The largest absolute Gasteiger partial charge is 0.335 e. The maximum atomic E-state index is 9.94. The van der Waals surface area contributed by atoms with Crippen molar-refractivity contribution in [2.45, 2.75) is 13.8 Å². The Balaban J connectivity index is 4.19. The van der Waals surface area contributed by atoms with E-state index >= 15 is 0 Å². The molecule has 0 heterocycles. The van der Waals surface area contributed by atoms with Crippen LogP contribution in [-0.4, -0.2) is 19.7 Å². The highest BCUT2D eigenvalue weighted by molar-refractivity contribution is 5.79. The number of hydrogen-bond acceptors (Lipinski definition) is 2. The Morgan fingerprint density at radius 3 is 2.55 bits per heavy atom. The highest BCUT2D eigenvalue weighted by atomic mass is 16.1. The Morgan fingerprint density at radius 1 is 1.55 bits per heavy atom. The van der Waals surface area contributed by atoms with E-state index in [9.17, 15) is 4.79 Å². The summed E-state index contributed by atoms with van der Waals surface area (Å²) in [7, 11) is 1.71. The molecule has 0 aliphatic heterocycles. The number of rotatable bonds is 4. The van der Waals surface area contributed by atoms with E-state index in [4.69, 9.17) is 0 Å². The number of nitrogens with zero attached hydrogens (tertiary/aromatic N) is 1. The lowest BCUT2D eigenvalue weighted by Gasteiger charge is -2.03. The molecule has 0 aliphatic carbocycles. The lowest BCUT2D eigenvalue weighted by atomic mass is 10.1. The molecule has 0 spiro atoms. The van der Waals surface area contributed by atoms with Crippen molar-refractivity contribution in [3.63, 3.8) is 0 Å². The smallest absolute Gasteiger partial charge is 0.211 e. The van der Waals surface area contributed by atoms with E-state index in [0.29, 0.717) is 12.3 Å². The quantitative estimate of drug-likeness (QED) is 0.476. The molecule has 0 aliphatic rings. The van der Waals surface area contributed by atoms with Crippen LogP contribution < -0.4 is 5.32 Å². The van der Waals surface area contributed by atoms with E-state index < -0.39 is 0 Å². The first-order valence-electron chi connectivity index (χ1n) is 3.54. The second-order valence-corrected chi connectivity index (χ2v) is 2.47. The molecule has 0 saturated heterocycles. The van der Waals surface area contributed by atoms with Crippen molar-refractivity contribution in [3.8, 4) is 0 Å². The monoisotopic (exact) mass is 154 g/mol. The summed E-state index contributed by atoms with van der Waals surface area (Å²) in [6.45, 7) is 4.08. The van der Waals surface area contributed by atoms with Crippen molar-refractivity contribution in [2.75, 3.05) is 7.05 Å². The summed E-state index contributed by atoms with van der Waals surface area (Å²) < 4.78 is 0. The molecular formula is C8H14N2O. The fraction of sp³-hybridized carbons (Fsp3) is 0.500. The SMILES string of the molecule is CN=C/C(=C\NC=O)C(C)C. The first kappa shape index (κ1) is 9.88. The molecule has 0 fully saturated rings. The molecule has 1 amide bonds. The molecule has 0 aromatic rings. The number of nitrogens with one attached hydrogen (secondary N) is 1. The fourth-order valence-electron chi connectivity index (χ4n) is 0.632. The van der Waals surface area contributed by atoms with Crippen LogP contribution in [0.5, 0.6) is 0 Å².